The maximum atomic E-state index is 12.5. The van der Waals surface area contributed by atoms with Crippen molar-refractivity contribution in [1.82, 2.24) is 24.9 Å². The Labute approximate surface area is 161 Å². The summed E-state index contributed by atoms with van der Waals surface area (Å²) in [4.78, 5) is 25.5. The third-order valence-electron chi connectivity index (χ3n) is 4.93. The number of carbonyl (C=O) groups excluding carboxylic acids is 1. The van der Waals surface area contributed by atoms with Gasteiger partial charge in [-0.15, -0.1) is 11.3 Å². The Hall–Kier alpha value is -2.04. The van der Waals surface area contributed by atoms with Crippen LogP contribution >= 0.6 is 11.3 Å². The van der Waals surface area contributed by atoms with Crippen molar-refractivity contribution in [3.8, 4) is 0 Å². The van der Waals surface area contributed by atoms with E-state index >= 15 is 0 Å². The van der Waals surface area contributed by atoms with Gasteiger partial charge in [-0.2, -0.15) is 4.98 Å². The van der Waals surface area contributed by atoms with Gasteiger partial charge in [0.15, 0.2) is 11.0 Å². The highest BCUT2D eigenvalue weighted by Gasteiger charge is 2.27. The molecule has 2 aliphatic rings. The summed E-state index contributed by atoms with van der Waals surface area (Å²) in [7, 11) is 0. The number of carbonyl (C=O) groups is 1. The van der Waals surface area contributed by atoms with Crippen molar-refractivity contribution in [3.05, 3.63) is 22.8 Å². The zero-order valence-corrected chi connectivity index (χ0v) is 16.2. The van der Waals surface area contributed by atoms with Crippen molar-refractivity contribution < 1.29 is 14.1 Å². The Morgan fingerprint density at radius 2 is 2.04 bits per heavy atom. The molecule has 2 aromatic rings. The molecule has 9 nitrogen and oxygen atoms in total. The molecule has 0 saturated carbocycles. The zero-order valence-electron chi connectivity index (χ0n) is 15.4. The average molecular weight is 392 g/mol. The van der Waals surface area contributed by atoms with E-state index in [0.29, 0.717) is 29.9 Å². The van der Waals surface area contributed by atoms with Crippen LogP contribution in [0, 0.1) is 6.92 Å². The lowest BCUT2D eigenvalue weighted by Gasteiger charge is -2.30. The molecule has 0 bridgehead atoms. The molecule has 2 fully saturated rings. The Morgan fingerprint density at radius 3 is 2.74 bits per heavy atom. The molecule has 146 valence electrons. The number of thiazole rings is 1. The van der Waals surface area contributed by atoms with Crippen LogP contribution in [0.25, 0.3) is 0 Å². The smallest absolute Gasteiger partial charge is 0.323 e. The predicted molar refractivity (Wildman–Crippen MR) is 99.8 cm³/mol. The zero-order chi connectivity index (χ0) is 18.6. The fraction of sp³-hybridized carbons (Fsp3) is 0.647. The molecule has 0 aromatic carbocycles. The molecule has 0 radical (unpaired) electrons. The van der Waals surface area contributed by atoms with Crippen LogP contribution in [0.2, 0.25) is 0 Å². The highest BCUT2D eigenvalue weighted by atomic mass is 32.1. The fourth-order valence-corrected chi connectivity index (χ4v) is 4.10. The van der Waals surface area contributed by atoms with Crippen LogP contribution in [0.15, 0.2) is 9.90 Å². The number of morpholine rings is 1. The van der Waals surface area contributed by atoms with Gasteiger partial charge in [0.25, 0.3) is 0 Å². The third kappa shape index (κ3) is 4.63. The van der Waals surface area contributed by atoms with Crippen molar-refractivity contribution in [1.29, 1.82) is 0 Å². The number of aromatic nitrogens is 3. The van der Waals surface area contributed by atoms with E-state index in [1.54, 1.807) is 0 Å². The Balaban J connectivity index is 1.26. The van der Waals surface area contributed by atoms with E-state index in [0.717, 1.165) is 51.4 Å². The first kappa shape index (κ1) is 18.3. The van der Waals surface area contributed by atoms with Crippen molar-refractivity contribution in [2.45, 2.75) is 32.2 Å². The van der Waals surface area contributed by atoms with E-state index in [9.17, 15) is 4.79 Å². The van der Waals surface area contributed by atoms with Gasteiger partial charge >= 0.3 is 6.03 Å². The van der Waals surface area contributed by atoms with E-state index in [2.05, 4.69) is 25.3 Å². The summed E-state index contributed by atoms with van der Waals surface area (Å²) in [5, 5.41) is 9.44. The lowest BCUT2D eigenvalue weighted by molar-refractivity contribution is 0.0337. The van der Waals surface area contributed by atoms with Crippen LogP contribution in [0.4, 0.5) is 9.93 Å². The monoisotopic (exact) mass is 392 g/mol. The normalized spacial score (nSPS) is 19.4. The number of urea groups is 1. The van der Waals surface area contributed by atoms with Gasteiger partial charge in [0.05, 0.1) is 18.9 Å². The number of amides is 2. The second kappa shape index (κ2) is 8.32. The van der Waals surface area contributed by atoms with Gasteiger partial charge < -0.3 is 14.2 Å². The number of hydrogen-bond acceptors (Lipinski definition) is 8. The molecule has 0 unspecified atom stereocenters. The number of nitrogens with one attached hydrogen (secondary N) is 1. The number of piperidine rings is 1. The second-order valence-electron chi connectivity index (χ2n) is 6.90. The van der Waals surface area contributed by atoms with Gasteiger partial charge in [-0.25, -0.2) is 9.78 Å². The molecule has 0 atom stereocenters. The summed E-state index contributed by atoms with van der Waals surface area (Å²) in [5.74, 6) is 1.57. The number of hydrogen-bond donors (Lipinski definition) is 1. The second-order valence-corrected chi connectivity index (χ2v) is 7.76. The quantitative estimate of drug-likeness (QED) is 0.851. The maximum absolute atomic E-state index is 12.5. The van der Waals surface area contributed by atoms with Gasteiger partial charge in [-0.05, 0) is 19.8 Å². The predicted octanol–water partition coefficient (Wildman–Crippen LogP) is 2.08. The summed E-state index contributed by atoms with van der Waals surface area (Å²) in [6.45, 7) is 7.34. The van der Waals surface area contributed by atoms with Crippen LogP contribution < -0.4 is 5.32 Å². The first-order valence-electron chi connectivity index (χ1n) is 9.28. The molecule has 2 saturated heterocycles. The summed E-state index contributed by atoms with van der Waals surface area (Å²) >= 11 is 1.47. The fourth-order valence-electron chi connectivity index (χ4n) is 3.40. The number of aryl methyl sites for hydroxylation is 1. The molecule has 27 heavy (non-hydrogen) atoms. The van der Waals surface area contributed by atoms with Crippen LogP contribution in [0.3, 0.4) is 0 Å². The Bertz CT molecular complexity index is 764. The van der Waals surface area contributed by atoms with E-state index in [-0.39, 0.29) is 11.9 Å². The van der Waals surface area contributed by atoms with Crippen LogP contribution in [0.1, 0.15) is 36.2 Å². The highest BCUT2D eigenvalue weighted by molar-refractivity contribution is 7.13. The van der Waals surface area contributed by atoms with Crippen LogP contribution in [0.5, 0.6) is 0 Å². The van der Waals surface area contributed by atoms with Crippen LogP contribution in [-0.2, 0) is 11.3 Å². The SMILES string of the molecule is Cc1noc(C2CCN(C(=O)Nc3nc(CN4CCOCC4)cs3)CC2)n1. The highest BCUT2D eigenvalue weighted by Crippen LogP contribution is 2.27. The summed E-state index contributed by atoms with van der Waals surface area (Å²) in [6, 6.07) is -0.0950. The lowest BCUT2D eigenvalue weighted by atomic mass is 9.97. The molecule has 4 rings (SSSR count). The molecular formula is C17H24N6O3S. The average Bonchev–Trinajstić information content (AvgIpc) is 3.31. The molecule has 2 aliphatic heterocycles. The topological polar surface area (TPSA) is 96.6 Å². The minimum atomic E-state index is -0.0950. The van der Waals surface area contributed by atoms with Crippen molar-refractivity contribution in [2.24, 2.45) is 0 Å². The Morgan fingerprint density at radius 1 is 1.26 bits per heavy atom. The minimum Gasteiger partial charge on any atom is -0.379 e. The Kier molecular flexibility index (Phi) is 5.65. The van der Waals surface area contributed by atoms with Crippen molar-refractivity contribution >= 4 is 22.5 Å². The van der Waals surface area contributed by atoms with Crippen molar-refractivity contribution in [2.75, 3.05) is 44.7 Å². The first-order valence-corrected chi connectivity index (χ1v) is 10.2. The van der Waals surface area contributed by atoms with E-state index in [4.69, 9.17) is 9.26 Å². The number of likely N-dealkylation sites (tertiary alicyclic amines) is 1. The molecule has 0 aliphatic carbocycles. The van der Waals surface area contributed by atoms with Crippen LogP contribution in [-0.4, -0.2) is 70.3 Å². The van der Waals surface area contributed by atoms with E-state index in [1.165, 1.54) is 11.3 Å². The molecular weight excluding hydrogens is 368 g/mol. The van der Waals surface area contributed by atoms with Crippen molar-refractivity contribution in [3.63, 3.8) is 0 Å². The number of nitrogens with zero attached hydrogens (tertiary/aromatic N) is 5. The summed E-state index contributed by atoms with van der Waals surface area (Å²) in [5.41, 5.74) is 0.989. The minimum absolute atomic E-state index is 0.0950. The number of anilines is 1. The van der Waals surface area contributed by atoms with Gasteiger partial charge in [0.2, 0.25) is 5.89 Å². The molecule has 1 N–H and O–H groups in total. The van der Waals surface area contributed by atoms with E-state index in [1.807, 2.05) is 17.2 Å². The molecule has 0 spiro atoms. The standard InChI is InChI=1S/C17H24N6O3S/c1-12-18-15(26-21-12)13-2-4-23(5-3-13)17(24)20-16-19-14(11-27-16)10-22-6-8-25-9-7-22/h11,13H,2-10H2,1H3,(H,19,20,24). The molecule has 2 amide bonds. The van der Waals surface area contributed by atoms with Gasteiger partial charge in [-0.1, -0.05) is 5.16 Å². The number of ether oxygens (including phenoxy) is 1. The molecule has 10 heteroatoms. The summed E-state index contributed by atoms with van der Waals surface area (Å²) < 4.78 is 10.6. The van der Waals surface area contributed by atoms with Gasteiger partial charge in [0, 0.05) is 44.0 Å². The largest absolute Gasteiger partial charge is 0.379 e. The number of rotatable bonds is 4. The van der Waals surface area contributed by atoms with Gasteiger partial charge in [-0.3, -0.25) is 10.2 Å². The van der Waals surface area contributed by atoms with E-state index < -0.39 is 0 Å². The summed E-state index contributed by atoms with van der Waals surface area (Å²) in [6.07, 6.45) is 1.66. The maximum Gasteiger partial charge on any atom is 0.323 e. The molecule has 4 heterocycles. The third-order valence-corrected chi connectivity index (χ3v) is 5.74. The lowest BCUT2D eigenvalue weighted by Crippen LogP contribution is -2.40. The first-order chi connectivity index (χ1) is 13.2. The molecule has 2 aromatic heterocycles. The van der Waals surface area contributed by atoms with Gasteiger partial charge in [0.1, 0.15) is 0 Å².